The number of nitrogens with one attached hydrogen (secondary N) is 3. The van der Waals surface area contributed by atoms with Crippen LogP contribution in [-0.4, -0.2) is 76.6 Å². The molecule has 0 aromatic rings. The molecule has 172 valence electrons. The van der Waals surface area contributed by atoms with Crippen molar-refractivity contribution in [1.29, 1.82) is 0 Å². The van der Waals surface area contributed by atoms with Crippen molar-refractivity contribution >= 4 is 29.6 Å². The minimum atomic E-state index is -1.51. The summed E-state index contributed by atoms with van der Waals surface area (Å²) in [4.78, 5) is 59.4. The first-order valence-electron chi connectivity index (χ1n) is 9.46. The first kappa shape index (κ1) is 27.2. The van der Waals surface area contributed by atoms with Crippen LogP contribution in [-0.2, 0) is 24.0 Å². The lowest BCUT2D eigenvalue weighted by Gasteiger charge is -2.25. The number of carbonyl (C=O) groups is 5. The highest BCUT2D eigenvalue weighted by molar-refractivity contribution is 5.96. The highest BCUT2D eigenvalue weighted by Gasteiger charge is 2.32. The Balaban J connectivity index is 5.33. The maximum atomic E-state index is 12.5. The van der Waals surface area contributed by atoms with Crippen molar-refractivity contribution in [1.82, 2.24) is 16.0 Å². The Labute approximate surface area is 174 Å². The molecule has 0 aliphatic carbocycles. The van der Waals surface area contributed by atoms with Gasteiger partial charge in [-0.1, -0.05) is 0 Å². The van der Waals surface area contributed by atoms with Crippen molar-refractivity contribution in [3.05, 3.63) is 0 Å². The molecule has 0 radical (unpaired) electrons. The molecule has 0 aromatic heterocycles. The van der Waals surface area contributed by atoms with E-state index in [1.54, 1.807) is 0 Å². The van der Waals surface area contributed by atoms with Crippen LogP contribution in [0.5, 0.6) is 0 Å². The number of aliphatic hydroxyl groups excluding tert-OH is 1. The van der Waals surface area contributed by atoms with Gasteiger partial charge in [-0.15, -0.1) is 0 Å². The summed E-state index contributed by atoms with van der Waals surface area (Å²) in [5, 5.41) is 25.7. The number of aliphatic carboxylic acids is 1. The second-order valence-electron chi connectivity index (χ2n) is 6.93. The fourth-order valence-corrected chi connectivity index (χ4v) is 2.38. The average Bonchev–Trinajstić information content (AvgIpc) is 2.63. The number of nitrogens with two attached hydrogens (primary N) is 3. The second-order valence-corrected chi connectivity index (χ2v) is 6.93. The molecule has 13 nitrogen and oxygen atoms in total. The molecule has 0 fully saturated rings. The summed E-state index contributed by atoms with van der Waals surface area (Å²) in [6.07, 6.45) is -0.894. The van der Waals surface area contributed by atoms with E-state index in [-0.39, 0.29) is 6.42 Å². The zero-order valence-corrected chi connectivity index (χ0v) is 17.1. The third-order valence-electron chi connectivity index (χ3n) is 4.08. The summed E-state index contributed by atoms with van der Waals surface area (Å²) in [6, 6.07) is -5.21. The third-order valence-corrected chi connectivity index (χ3v) is 4.08. The minimum absolute atomic E-state index is 0.0935. The molecule has 30 heavy (non-hydrogen) atoms. The van der Waals surface area contributed by atoms with Crippen LogP contribution < -0.4 is 33.2 Å². The van der Waals surface area contributed by atoms with Crippen LogP contribution in [0.3, 0.4) is 0 Å². The van der Waals surface area contributed by atoms with Gasteiger partial charge in [-0.3, -0.25) is 19.2 Å². The van der Waals surface area contributed by atoms with Crippen LogP contribution in [0.4, 0.5) is 0 Å². The zero-order chi connectivity index (χ0) is 23.4. The van der Waals surface area contributed by atoms with Gasteiger partial charge >= 0.3 is 5.97 Å². The average molecular weight is 432 g/mol. The molecule has 5 atom stereocenters. The van der Waals surface area contributed by atoms with E-state index >= 15 is 0 Å². The summed E-state index contributed by atoms with van der Waals surface area (Å²) in [5.41, 5.74) is 15.9. The lowest BCUT2D eigenvalue weighted by Crippen LogP contribution is -2.60. The molecule has 5 unspecified atom stereocenters. The van der Waals surface area contributed by atoms with Gasteiger partial charge in [0.05, 0.1) is 18.6 Å². The van der Waals surface area contributed by atoms with E-state index in [1.807, 2.05) is 0 Å². The molecular weight excluding hydrogens is 400 g/mol. The second kappa shape index (κ2) is 13.5. The number of hydrogen-bond acceptors (Lipinski definition) is 8. The zero-order valence-electron chi connectivity index (χ0n) is 17.1. The van der Waals surface area contributed by atoms with E-state index in [0.29, 0.717) is 19.4 Å². The van der Waals surface area contributed by atoms with Crippen molar-refractivity contribution in [2.75, 3.05) is 6.54 Å². The number of aliphatic hydroxyl groups is 1. The van der Waals surface area contributed by atoms with Gasteiger partial charge in [0, 0.05) is 0 Å². The summed E-state index contributed by atoms with van der Waals surface area (Å²) < 4.78 is 0. The largest absolute Gasteiger partial charge is 0.480 e. The molecule has 0 bridgehead atoms. The topological polar surface area (TPSA) is 240 Å². The Kier molecular flexibility index (Phi) is 12.2. The maximum absolute atomic E-state index is 12.5. The van der Waals surface area contributed by atoms with Gasteiger partial charge in [0.25, 0.3) is 0 Å². The van der Waals surface area contributed by atoms with Gasteiger partial charge in [0.2, 0.25) is 23.6 Å². The van der Waals surface area contributed by atoms with E-state index in [1.165, 1.54) is 13.8 Å². The number of carboxylic acids is 1. The summed E-state index contributed by atoms with van der Waals surface area (Å²) in [7, 11) is 0. The molecule has 11 N–H and O–H groups in total. The Morgan fingerprint density at radius 2 is 1.47 bits per heavy atom. The van der Waals surface area contributed by atoms with Crippen molar-refractivity contribution in [3.63, 3.8) is 0 Å². The van der Waals surface area contributed by atoms with Crippen molar-refractivity contribution in [2.45, 2.75) is 69.8 Å². The highest BCUT2D eigenvalue weighted by Crippen LogP contribution is 2.04. The van der Waals surface area contributed by atoms with Gasteiger partial charge in [-0.05, 0) is 39.7 Å². The fourth-order valence-electron chi connectivity index (χ4n) is 2.38. The van der Waals surface area contributed by atoms with Crippen LogP contribution in [0, 0.1) is 0 Å². The van der Waals surface area contributed by atoms with Crippen LogP contribution >= 0.6 is 0 Å². The number of carbonyl (C=O) groups excluding carboxylic acids is 4. The first-order chi connectivity index (χ1) is 13.9. The lowest BCUT2D eigenvalue weighted by atomic mass is 10.1. The maximum Gasteiger partial charge on any atom is 0.326 e. The number of hydrogen-bond donors (Lipinski definition) is 8. The van der Waals surface area contributed by atoms with E-state index in [4.69, 9.17) is 17.2 Å². The van der Waals surface area contributed by atoms with E-state index in [2.05, 4.69) is 16.0 Å². The van der Waals surface area contributed by atoms with Gasteiger partial charge < -0.3 is 43.4 Å². The Morgan fingerprint density at radius 3 is 1.90 bits per heavy atom. The van der Waals surface area contributed by atoms with Gasteiger partial charge in [0.15, 0.2) is 0 Å². The van der Waals surface area contributed by atoms with Crippen LogP contribution in [0.15, 0.2) is 0 Å². The number of carboxylic acid groups (broad SMARTS) is 1. The van der Waals surface area contributed by atoms with Crippen LogP contribution in [0.2, 0.25) is 0 Å². The Morgan fingerprint density at radius 1 is 0.900 bits per heavy atom. The molecule has 4 amide bonds. The summed E-state index contributed by atoms with van der Waals surface area (Å²) in [6.45, 7) is 2.95. The molecule has 13 heteroatoms. The standard InChI is InChI=1S/C17H32N6O7/c1-8(19)14(26)23-13(9(2)24)16(28)22-11(7-12(20)25)15(27)21-10(17(29)30)5-3-4-6-18/h8-11,13,24H,3-7,18-19H2,1-2H3,(H2,20,25)(H,21,27)(H,22,28)(H,23,26)(H,29,30). The summed E-state index contributed by atoms with van der Waals surface area (Å²) >= 11 is 0. The van der Waals surface area contributed by atoms with E-state index < -0.39 is 66.3 Å². The van der Waals surface area contributed by atoms with Gasteiger partial charge in [0.1, 0.15) is 18.1 Å². The molecule has 0 aromatic carbocycles. The Bertz CT molecular complexity index is 626. The predicted octanol–water partition coefficient (Wildman–Crippen LogP) is -3.74. The molecule has 0 aliphatic heterocycles. The summed E-state index contributed by atoms with van der Waals surface area (Å²) in [5.74, 6) is -4.88. The van der Waals surface area contributed by atoms with E-state index in [0.717, 1.165) is 0 Å². The van der Waals surface area contributed by atoms with Crippen LogP contribution in [0.25, 0.3) is 0 Å². The molecular formula is C17H32N6O7. The van der Waals surface area contributed by atoms with Crippen molar-refractivity contribution in [2.24, 2.45) is 17.2 Å². The van der Waals surface area contributed by atoms with Crippen molar-refractivity contribution < 1.29 is 34.2 Å². The molecule has 0 saturated carbocycles. The number of primary amides is 1. The molecule has 0 heterocycles. The monoisotopic (exact) mass is 432 g/mol. The quantitative estimate of drug-likeness (QED) is 0.126. The van der Waals surface area contributed by atoms with Gasteiger partial charge in [-0.2, -0.15) is 0 Å². The number of amides is 4. The first-order valence-corrected chi connectivity index (χ1v) is 9.46. The molecule has 0 spiro atoms. The molecule has 0 saturated heterocycles. The smallest absolute Gasteiger partial charge is 0.326 e. The molecule has 0 rings (SSSR count). The fraction of sp³-hybridized carbons (Fsp3) is 0.706. The SMILES string of the molecule is CC(N)C(=O)NC(C(=O)NC(CC(N)=O)C(=O)NC(CCCCN)C(=O)O)C(C)O. The van der Waals surface area contributed by atoms with Crippen LogP contribution in [0.1, 0.15) is 39.5 Å². The third kappa shape index (κ3) is 10.1. The van der Waals surface area contributed by atoms with Crippen molar-refractivity contribution in [3.8, 4) is 0 Å². The van der Waals surface area contributed by atoms with Gasteiger partial charge in [-0.25, -0.2) is 4.79 Å². The number of rotatable bonds is 14. The normalized spacial score (nSPS) is 15.8. The Hall–Kier alpha value is -2.77. The lowest BCUT2D eigenvalue weighted by molar-refractivity contribution is -0.142. The van der Waals surface area contributed by atoms with E-state index in [9.17, 15) is 34.2 Å². The molecule has 0 aliphatic rings. The highest BCUT2D eigenvalue weighted by atomic mass is 16.4. The minimum Gasteiger partial charge on any atom is -0.480 e. The predicted molar refractivity (Wildman–Crippen MR) is 105 cm³/mol. The number of unbranched alkanes of at least 4 members (excludes halogenated alkanes) is 1.